The van der Waals surface area contributed by atoms with Gasteiger partial charge in [-0.2, -0.15) is 0 Å². The molecule has 1 fully saturated rings. The first kappa shape index (κ1) is 24.4. The van der Waals surface area contributed by atoms with E-state index in [-0.39, 0.29) is 18.2 Å². The van der Waals surface area contributed by atoms with Gasteiger partial charge in [0.1, 0.15) is 11.4 Å². The first-order valence-corrected chi connectivity index (χ1v) is 11.3. The van der Waals surface area contributed by atoms with E-state index < -0.39 is 5.60 Å². The molecule has 3 amide bonds. The molecule has 1 atom stereocenters. The van der Waals surface area contributed by atoms with Crippen molar-refractivity contribution in [1.82, 2.24) is 10.2 Å². The van der Waals surface area contributed by atoms with Gasteiger partial charge in [-0.05, 0) is 70.0 Å². The van der Waals surface area contributed by atoms with Gasteiger partial charge in [0.05, 0.1) is 18.3 Å². The van der Waals surface area contributed by atoms with E-state index in [1.54, 1.807) is 4.90 Å². The summed E-state index contributed by atoms with van der Waals surface area (Å²) in [5.74, 6) is 0.626. The molecule has 1 aliphatic rings. The molecule has 1 heterocycles. The number of piperazine rings is 1. The lowest BCUT2D eigenvalue weighted by Gasteiger charge is -2.37. The molecule has 0 aliphatic carbocycles. The highest BCUT2D eigenvalue weighted by Gasteiger charge is 2.31. The number of carbonyl (C=O) groups is 2. The number of urea groups is 1. The second kappa shape index (κ2) is 10.6. The summed E-state index contributed by atoms with van der Waals surface area (Å²) in [5, 5.41) is 9.03. The monoisotopic (exact) mass is 454 g/mol. The van der Waals surface area contributed by atoms with Gasteiger partial charge in [-0.3, -0.25) is 4.90 Å². The lowest BCUT2D eigenvalue weighted by Crippen LogP contribution is -2.50. The summed E-state index contributed by atoms with van der Waals surface area (Å²) < 4.78 is 11.2. The first-order chi connectivity index (χ1) is 15.7. The van der Waals surface area contributed by atoms with Crippen molar-refractivity contribution in [2.75, 3.05) is 36.9 Å². The normalized spacial score (nSPS) is 16.2. The van der Waals surface area contributed by atoms with Crippen LogP contribution < -0.4 is 20.7 Å². The Kier molecular flexibility index (Phi) is 7.81. The Bertz CT molecular complexity index is 969. The van der Waals surface area contributed by atoms with Crippen LogP contribution in [0.25, 0.3) is 0 Å². The summed E-state index contributed by atoms with van der Waals surface area (Å²) in [7, 11) is 0. The third kappa shape index (κ3) is 6.86. The Morgan fingerprint density at radius 1 is 1.12 bits per heavy atom. The quantitative estimate of drug-likeness (QED) is 0.596. The molecule has 2 aromatic rings. The van der Waals surface area contributed by atoms with E-state index in [1.807, 2.05) is 77.1 Å². The minimum Gasteiger partial charge on any atom is -0.492 e. The molecule has 8 nitrogen and oxygen atoms in total. The van der Waals surface area contributed by atoms with Crippen LogP contribution in [0, 0.1) is 6.92 Å². The molecule has 178 valence electrons. The highest BCUT2D eigenvalue weighted by atomic mass is 16.6. The van der Waals surface area contributed by atoms with E-state index >= 15 is 0 Å². The Morgan fingerprint density at radius 2 is 1.85 bits per heavy atom. The number of nitrogens with zero attached hydrogens (tertiary/aromatic N) is 1. The van der Waals surface area contributed by atoms with Crippen LogP contribution in [0.3, 0.4) is 0 Å². The molecule has 1 aliphatic heterocycles. The van der Waals surface area contributed by atoms with Crippen molar-refractivity contribution < 1.29 is 19.1 Å². The Balaban J connectivity index is 1.66. The molecule has 2 aromatic carbocycles. The SMILES string of the molecule is CCOc1ccc(C)cc1NC(=O)Nc1ccc(C2CNCCN2C(=O)OC(C)(C)C)cc1. The summed E-state index contributed by atoms with van der Waals surface area (Å²) >= 11 is 0. The standard InChI is InChI=1S/C25H34N4O4/c1-6-32-22-12-7-17(2)15-20(22)28-23(30)27-19-10-8-18(9-11-19)21-16-26-13-14-29(21)24(31)33-25(3,4)5/h7-12,15,21,26H,6,13-14,16H2,1-5H3,(H2,27,28,30). The molecule has 0 radical (unpaired) electrons. The molecule has 3 N–H and O–H groups in total. The number of rotatable bonds is 5. The molecule has 1 saturated heterocycles. The van der Waals surface area contributed by atoms with E-state index in [1.165, 1.54) is 0 Å². The lowest BCUT2D eigenvalue weighted by atomic mass is 10.0. The summed E-state index contributed by atoms with van der Waals surface area (Å²) in [4.78, 5) is 27.0. The van der Waals surface area contributed by atoms with Crippen LogP contribution in [0.1, 0.15) is 44.9 Å². The van der Waals surface area contributed by atoms with E-state index in [0.717, 1.165) is 17.7 Å². The van der Waals surface area contributed by atoms with Crippen LogP contribution in [0.15, 0.2) is 42.5 Å². The third-order valence-electron chi connectivity index (χ3n) is 5.11. The molecular weight excluding hydrogens is 420 g/mol. The minimum atomic E-state index is -0.549. The highest BCUT2D eigenvalue weighted by Crippen LogP contribution is 2.27. The van der Waals surface area contributed by atoms with Crippen molar-refractivity contribution in [3.63, 3.8) is 0 Å². The summed E-state index contributed by atoms with van der Waals surface area (Å²) in [6.07, 6.45) is -0.321. The maximum atomic E-state index is 12.7. The van der Waals surface area contributed by atoms with Crippen LogP contribution in [0.5, 0.6) is 5.75 Å². The van der Waals surface area contributed by atoms with E-state index in [9.17, 15) is 9.59 Å². The Morgan fingerprint density at radius 3 is 2.52 bits per heavy atom. The van der Waals surface area contributed by atoms with Crippen molar-refractivity contribution in [2.24, 2.45) is 0 Å². The van der Waals surface area contributed by atoms with Crippen molar-refractivity contribution in [3.8, 4) is 5.75 Å². The highest BCUT2D eigenvalue weighted by molar-refractivity contribution is 6.00. The number of hydrogen-bond acceptors (Lipinski definition) is 5. The number of anilines is 2. The van der Waals surface area contributed by atoms with Crippen LogP contribution in [0.2, 0.25) is 0 Å². The molecule has 1 unspecified atom stereocenters. The van der Waals surface area contributed by atoms with Crippen molar-refractivity contribution >= 4 is 23.5 Å². The van der Waals surface area contributed by atoms with Crippen LogP contribution in [-0.4, -0.2) is 48.9 Å². The fourth-order valence-corrected chi connectivity index (χ4v) is 3.64. The number of hydrogen-bond donors (Lipinski definition) is 3. The molecule has 0 spiro atoms. The van der Waals surface area contributed by atoms with Crippen molar-refractivity contribution in [3.05, 3.63) is 53.6 Å². The predicted octanol–water partition coefficient (Wildman–Crippen LogP) is 4.92. The average molecular weight is 455 g/mol. The van der Waals surface area contributed by atoms with E-state index in [2.05, 4.69) is 16.0 Å². The second-order valence-electron chi connectivity index (χ2n) is 9.03. The number of amides is 3. The fraction of sp³-hybridized carbons (Fsp3) is 0.440. The number of ether oxygens (including phenoxy) is 2. The second-order valence-corrected chi connectivity index (χ2v) is 9.03. The molecule has 0 aromatic heterocycles. The molecule has 33 heavy (non-hydrogen) atoms. The van der Waals surface area contributed by atoms with Gasteiger partial charge >= 0.3 is 12.1 Å². The average Bonchev–Trinajstić information content (AvgIpc) is 2.75. The summed E-state index contributed by atoms with van der Waals surface area (Å²) in [6, 6.07) is 12.7. The molecule has 8 heteroatoms. The van der Waals surface area contributed by atoms with Crippen LogP contribution in [0.4, 0.5) is 21.0 Å². The number of benzene rings is 2. The topological polar surface area (TPSA) is 91.9 Å². The Labute approximate surface area is 195 Å². The molecule has 3 rings (SSSR count). The van der Waals surface area contributed by atoms with Crippen LogP contribution in [-0.2, 0) is 4.74 Å². The maximum Gasteiger partial charge on any atom is 0.410 e. The Hall–Kier alpha value is -3.26. The van der Waals surface area contributed by atoms with Gasteiger partial charge in [0.25, 0.3) is 0 Å². The van der Waals surface area contributed by atoms with Gasteiger partial charge in [-0.15, -0.1) is 0 Å². The van der Waals surface area contributed by atoms with Gasteiger partial charge in [0, 0.05) is 25.3 Å². The summed E-state index contributed by atoms with van der Waals surface area (Å²) in [5.41, 5.74) is 2.71. The van der Waals surface area contributed by atoms with E-state index in [0.29, 0.717) is 36.8 Å². The number of nitrogens with one attached hydrogen (secondary N) is 3. The lowest BCUT2D eigenvalue weighted by molar-refractivity contribution is 0.0118. The zero-order chi connectivity index (χ0) is 24.0. The van der Waals surface area contributed by atoms with Crippen LogP contribution >= 0.6 is 0 Å². The van der Waals surface area contributed by atoms with E-state index in [4.69, 9.17) is 9.47 Å². The maximum absolute atomic E-state index is 12.7. The van der Waals surface area contributed by atoms with Crippen molar-refractivity contribution in [2.45, 2.75) is 46.3 Å². The predicted molar refractivity (Wildman–Crippen MR) is 130 cm³/mol. The zero-order valence-electron chi connectivity index (χ0n) is 20.0. The van der Waals surface area contributed by atoms with Gasteiger partial charge in [-0.25, -0.2) is 9.59 Å². The number of carbonyl (C=O) groups excluding carboxylic acids is 2. The number of aryl methyl sites for hydroxylation is 1. The summed E-state index contributed by atoms with van der Waals surface area (Å²) in [6.45, 7) is 11.9. The van der Waals surface area contributed by atoms with Gasteiger partial charge in [0.15, 0.2) is 0 Å². The first-order valence-electron chi connectivity index (χ1n) is 11.3. The third-order valence-corrected chi connectivity index (χ3v) is 5.11. The van der Waals surface area contributed by atoms with Crippen molar-refractivity contribution in [1.29, 1.82) is 0 Å². The van der Waals surface area contributed by atoms with Gasteiger partial charge in [0.2, 0.25) is 0 Å². The fourth-order valence-electron chi connectivity index (χ4n) is 3.64. The van der Waals surface area contributed by atoms with Gasteiger partial charge < -0.3 is 25.4 Å². The van der Waals surface area contributed by atoms with Gasteiger partial charge in [-0.1, -0.05) is 18.2 Å². The largest absolute Gasteiger partial charge is 0.492 e. The zero-order valence-corrected chi connectivity index (χ0v) is 20.0. The smallest absolute Gasteiger partial charge is 0.410 e. The molecule has 0 bridgehead atoms. The minimum absolute atomic E-state index is 0.141. The molecule has 0 saturated carbocycles. The molecular formula is C25H34N4O4.